The Labute approximate surface area is 104 Å². The Kier molecular flexibility index (Phi) is 6.52. The fraction of sp³-hybridized carbons (Fsp3) is 0.455. The Hall–Kier alpha value is -0.780. The lowest BCUT2D eigenvalue weighted by atomic mass is 9.98. The van der Waals surface area contributed by atoms with Crippen molar-refractivity contribution in [3.63, 3.8) is 0 Å². The van der Waals surface area contributed by atoms with Gasteiger partial charge >= 0.3 is 0 Å². The number of halogens is 4. The monoisotopic (exact) mass is 269 g/mol. The third-order valence-electron chi connectivity index (χ3n) is 2.40. The molecule has 1 rings (SSSR count). The van der Waals surface area contributed by atoms with E-state index in [-0.39, 0.29) is 18.0 Å². The van der Waals surface area contributed by atoms with E-state index in [1.807, 2.05) is 6.92 Å². The molecular formula is C11H15ClF3NO. The summed E-state index contributed by atoms with van der Waals surface area (Å²) < 4.78 is 38.8. The van der Waals surface area contributed by atoms with Crippen LogP contribution in [-0.2, 0) is 0 Å². The Morgan fingerprint density at radius 2 is 1.71 bits per heavy atom. The van der Waals surface area contributed by atoms with Gasteiger partial charge in [-0.05, 0) is 12.5 Å². The van der Waals surface area contributed by atoms with E-state index in [0.29, 0.717) is 25.0 Å². The Bertz CT molecular complexity index is 376. The summed E-state index contributed by atoms with van der Waals surface area (Å²) >= 11 is 0. The molecule has 1 aromatic carbocycles. The molecule has 0 aliphatic carbocycles. The first-order valence-corrected chi connectivity index (χ1v) is 5.05. The standard InChI is InChI=1S/C11H14F3NO.ClH/c1-2-3-10(16)11(15)6-4-8(13)9(14)5-7(6)12;/h4-5,10-11,16H,2-3,15H2,1H3;1H/t10-,11+;/m1./s1. The summed E-state index contributed by atoms with van der Waals surface area (Å²) in [6.07, 6.45) is 0.0732. The molecule has 1 aromatic rings. The van der Waals surface area contributed by atoms with Crippen LogP contribution in [0.4, 0.5) is 13.2 Å². The maximum Gasteiger partial charge on any atom is 0.161 e. The summed E-state index contributed by atoms with van der Waals surface area (Å²) in [5.74, 6) is -3.38. The van der Waals surface area contributed by atoms with E-state index in [0.717, 1.165) is 0 Å². The third kappa shape index (κ3) is 3.87. The van der Waals surface area contributed by atoms with Crippen LogP contribution in [0.2, 0.25) is 0 Å². The molecule has 0 fully saturated rings. The zero-order chi connectivity index (χ0) is 12.3. The van der Waals surface area contributed by atoms with Crippen LogP contribution in [0.15, 0.2) is 12.1 Å². The number of benzene rings is 1. The summed E-state index contributed by atoms with van der Waals surface area (Å²) in [5, 5.41) is 9.55. The SMILES string of the molecule is CCC[C@@H](O)[C@@H](N)c1cc(F)c(F)cc1F.Cl. The normalized spacial score (nSPS) is 14.0. The van der Waals surface area contributed by atoms with E-state index in [1.165, 1.54) is 0 Å². The molecule has 0 heterocycles. The molecule has 0 aliphatic rings. The van der Waals surface area contributed by atoms with Gasteiger partial charge in [-0.3, -0.25) is 0 Å². The second kappa shape index (κ2) is 6.83. The second-order valence-corrected chi connectivity index (χ2v) is 3.67. The van der Waals surface area contributed by atoms with Crippen molar-refractivity contribution >= 4 is 12.4 Å². The minimum atomic E-state index is -1.27. The van der Waals surface area contributed by atoms with Gasteiger partial charge in [0.25, 0.3) is 0 Å². The topological polar surface area (TPSA) is 46.2 Å². The number of aliphatic hydroxyl groups is 1. The molecule has 2 nitrogen and oxygen atoms in total. The van der Waals surface area contributed by atoms with Crippen molar-refractivity contribution in [2.24, 2.45) is 5.73 Å². The molecule has 0 aromatic heterocycles. The minimum absolute atomic E-state index is 0. The van der Waals surface area contributed by atoms with E-state index in [9.17, 15) is 18.3 Å². The van der Waals surface area contributed by atoms with Gasteiger partial charge in [0.05, 0.1) is 12.1 Å². The molecule has 0 bridgehead atoms. The highest BCUT2D eigenvalue weighted by Gasteiger charge is 2.21. The molecule has 6 heteroatoms. The highest BCUT2D eigenvalue weighted by Crippen LogP contribution is 2.22. The first kappa shape index (κ1) is 16.2. The number of hydrogen-bond donors (Lipinski definition) is 2. The van der Waals surface area contributed by atoms with Crippen molar-refractivity contribution < 1.29 is 18.3 Å². The molecule has 3 N–H and O–H groups in total. The van der Waals surface area contributed by atoms with E-state index >= 15 is 0 Å². The van der Waals surface area contributed by atoms with Gasteiger partial charge < -0.3 is 10.8 Å². The predicted octanol–water partition coefficient (Wildman–Crippen LogP) is 2.69. The zero-order valence-corrected chi connectivity index (χ0v) is 10.1. The van der Waals surface area contributed by atoms with Gasteiger partial charge in [-0.2, -0.15) is 0 Å². The fourth-order valence-corrected chi connectivity index (χ4v) is 1.48. The molecule has 0 aliphatic heterocycles. The van der Waals surface area contributed by atoms with E-state index < -0.39 is 29.6 Å². The van der Waals surface area contributed by atoms with Gasteiger partial charge in [0.15, 0.2) is 11.6 Å². The van der Waals surface area contributed by atoms with Gasteiger partial charge in [-0.25, -0.2) is 13.2 Å². The average Bonchev–Trinajstić information content (AvgIpc) is 2.23. The maximum atomic E-state index is 13.3. The molecular weight excluding hydrogens is 255 g/mol. The van der Waals surface area contributed by atoms with Crippen molar-refractivity contribution in [1.29, 1.82) is 0 Å². The van der Waals surface area contributed by atoms with Gasteiger partial charge in [0, 0.05) is 11.6 Å². The van der Waals surface area contributed by atoms with Crippen molar-refractivity contribution in [1.82, 2.24) is 0 Å². The first-order valence-electron chi connectivity index (χ1n) is 5.05. The summed E-state index contributed by atoms with van der Waals surface area (Å²) in [7, 11) is 0. The van der Waals surface area contributed by atoms with E-state index in [1.54, 1.807) is 0 Å². The summed E-state index contributed by atoms with van der Waals surface area (Å²) in [4.78, 5) is 0. The average molecular weight is 270 g/mol. The Balaban J connectivity index is 0.00000256. The molecule has 17 heavy (non-hydrogen) atoms. The van der Waals surface area contributed by atoms with Gasteiger partial charge in [-0.15, -0.1) is 12.4 Å². The van der Waals surface area contributed by atoms with Crippen LogP contribution >= 0.6 is 12.4 Å². The van der Waals surface area contributed by atoms with Crippen LogP contribution in [0.5, 0.6) is 0 Å². The quantitative estimate of drug-likeness (QED) is 0.826. The lowest BCUT2D eigenvalue weighted by Gasteiger charge is -2.19. The minimum Gasteiger partial charge on any atom is -0.391 e. The van der Waals surface area contributed by atoms with Crippen LogP contribution in [-0.4, -0.2) is 11.2 Å². The molecule has 0 radical (unpaired) electrons. The van der Waals surface area contributed by atoms with Gasteiger partial charge in [0.2, 0.25) is 0 Å². The van der Waals surface area contributed by atoms with E-state index in [2.05, 4.69) is 0 Å². The van der Waals surface area contributed by atoms with Crippen molar-refractivity contribution in [2.45, 2.75) is 31.9 Å². The summed E-state index contributed by atoms with van der Waals surface area (Å²) in [6.45, 7) is 1.83. The van der Waals surface area contributed by atoms with Gasteiger partial charge in [-0.1, -0.05) is 13.3 Å². The number of aliphatic hydroxyl groups excluding tert-OH is 1. The molecule has 0 saturated carbocycles. The molecule has 98 valence electrons. The van der Waals surface area contributed by atoms with Gasteiger partial charge in [0.1, 0.15) is 5.82 Å². The summed E-state index contributed by atoms with van der Waals surface area (Å²) in [5.41, 5.74) is 5.36. The highest BCUT2D eigenvalue weighted by atomic mass is 35.5. The lowest BCUT2D eigenvalue weighted by molar-refractivity contribution is 0.132. The zero-order valence-electron chi connectivity index (χ0n) is 9.29. The largest absolute Gasteiger partial charge is 0.391 e. The number of nitrogens with two attached hydrogens (primary N) is 1. The Morgan fingerprint density at radius 1 is 1.18 bits per heavy atom. The molecule has 2 atom stereocenters. The number of hydrogen-bond acceptors (Lipinski definition) is 2. The lowest BCUT2D eigenvalue weighted by Crippen LogP contribution is -2.27. The smallest absolute Gasteiger partial charge is 0.161 e. The van der Waals surface area contributed by atoms with Crippen molar-refractivity contribution in [3.05, 3.63) is 35.1 Å². The van der Waals surface area contributed by atoms with Crippen LogP contribution in [0, 0.1) is 17.5 Å². The molecule has 0 saturated heterocycles. The summed E-state index contributed by atoms with van der Waals surface area (Å²) in [6, 6.07) is 0.0762. The fourth-order valence-electron chi connectivity index (χ4n) is 1.48. The second-order valence-electron chi connectivity index (χ2n) is 3.67. The van der Waals surface area contributed by atoms with Crippen molar-refractivity contribution in [3.8, 4) is 0 Å². The number of rotatable bonds is 4. The van der Waals surface area contributed by atoms with Crippen LogP contribution in [0.1, 0.15) is 31.4 Å². The Morgan fingerprint density at radius 3 is 2.24 bits per heavy atom. The molecule has 0 amide bonds. The highest BCUT2D eigenvalue weighted by molar-refractivity contribution is 5.85. The third-order valence-corrected chi connectivity index (χ3v) is 2.40. The van der Waals surface area contributed by atoms with Crippen molar-refractivity contribution in [2.75, 3.05) is 0 Å². The van der Waals surface area contributed by atoms with Crippen LogP contribution in [0.25, 0.3) is 0 Å². The van der Waals surface area contributed by atoms with Crippen LogP contribution in [0.3, 0.4) is 0 Å². The first-order chi connectivity index (χ1) is 7.47. The van der Waals surface area contributed by atoms with E-state index in [4.69, 9.17) is 5.73 Å². The maximum absolute atomic E-state index is 13.3. The predicted molar refractivity (Wildman–Crippen MR) is 61.4 cm³/mol. The molecule has 0 unspecified atom stereocenters. The van der Waals surface area contributed by atoms with Crippen LogP contribution < -0.4 is 5.73 Å². The molecule has 0 spiro atoms.